The highest BCUT2D eigenvalue weighted by Gasteiger charge is 2.43. The third-order valence-electron chi connectivity index (χ3n) is 6.60. The van der Waals surface area contributed by atoms with Gasteiger partial charge >= 0.3 is 0 Å². The van der Waals surface area contributed by atoms with Crippen LogP contribution in [-0.2, 0) is 9.59 Å². The molecule has 2 aromatic heterocycles. The van der Waals surface area contributed by atoms with Gasteiger partial charge in [-0.1, -0.05) is 20.3 Å². The maximum Gasteiger partial charge on any atom is 0.240 e. The molecule has 0 aliphatic heterocycles. The second-order valence-electron chi connectivity index (χ2n) is 9.26. The normalized spacial score (nSPS) is 11.6. The summed E-state index contributed by atoms with van der Waals surface area (Å²) in [5.41, 5.74) is 16.5. The lowest BCUT2D eigenvalue weighted by Crippen LogP contribution is -2.46. The van der Waals surface area contributed by atoms with E-state index in [2.05, 4.69) is 20.6 Å². The van der Waals surface area contributed by atoms with Gasteiger partial charge in [0.05, 0.1) is 11.0 Å². The Bertz CT molecular complexity index is 1380. The maximum absolute atomic E-state index is 13.6. The van der Waals surface area contributed by atoms with Gasteiger partial charge in [0.1, 0.15) is 5.41 Å². The zero-order chi connectivity index (χ0) is 26.0. The first-order valence-electron chi connectivity index (χ1n) is 12.1. The molecule has 0 spiro atoms. The molecule has 0 atom stereocenters. The molecule has 0 saturated heterocycles. The smallest absolute Gasteiger partial charge is 0.240 e. The van der Waals surface area contributed by atoms with Crippen LogP contribution in [0.2, 0.25) is 0 Å². The maximum atomic E-state index is 13.6. The molecule has 0 aliphatic carbocycles. The van der Waals surface area contributed by atoms with Crippen LogP contribution < -0.4 is 22.1 Å². The Labute approximate surface area is 210 Å². The number of rotatable bonds is 7. The van der Waals surface area contributed by atoms with Crippen molar-refractivity contribution in [2.45, 2.75) is 47.0 Å². The van der Waals surface area contributed by atoms with E-state index in [1.165, 1.54) is 0 Å². The first-order chi connectivity index (χ1) is 17.2. The van der Waals surface area contributed by atoms with E-state index in [-0.39, 0.29) is 11.8 Å². The van der Waals surface area contributed by atoms with E-state index >= 15 is 0 Å². The minimum absolute atomic E-state index is 0.339. The number of aryl methyl sites for hydroxylation is 2. The van der Waals surface area contributed by atoms with Crippen LogP contribution in [0.25, 0.3) is 21.8 Å². The summed E-state index contributed by atoms with van der Waals surface area (Å²) < 4.78 is 0. The molecule has 0 fully saturated rings. The molecule has 8 heteroatoms. The molecule has 2 aromatic carbocycles. The van der Waals surface area contributed by atoms with Crippen LogP contribution in [0, 0.1) is 19.3 Å². The molecular weight excluding hydrogens is 452 g/mol. The molecule has 8 nitrogen and oxygen atoms in total. The predicted octanol–water partition coefficient (Wildman–Crippen LogP) is 5.34. The monoisotopic (exact) mass is 484 g/mol. The van der Waals surface area contributed by atoms with Gasteiger partial charge in [-0.05, 0) is 75.2 Å². The van der Waals surface area contributed by atoms with Crippen LogP contribution in [0.3, 0.4) is 0 Å². The lowest BCUT2D eigenvalue weighted by molar-refractivity contribution is -0.138. The standard InChI is InChI=1S/C28H32N6O2/c1-5-11-28(6-2,26(35)33-18-7-9-24-20(14-18)22(29)12-16(3)31-24)27(36)34-19-8-10-25-21(15-19)23(30)13-17(4)32-25/h7-10,12-15H,5-6,11H2,1-4H3,(H2,29,31)(H2,30,32)(H,33,35)(H,34,36). The molecule has 186 valence electrons. The van der Waals surface area contributed by atoms with E-state index in [9.17, 15) is 9.59 Å². The van der Waals surface area contributed by atoms with E-state index in [0.717, 1.165) is 33.2 Å². The van der Waals surface area contributed by atoms with Crippen molar-refractivity contribution in [2.24, 2.45) is 5.41 Å². The Hall–Kier alpha value is -4.20. The molecule has 2 heterocycles. The number of amides is 2. The van der Waals surface area contributed by atoms with Crippen LogP contribution >= 0.6 is 0 Å². The van der Waals surface area contributed by atoms with Gasteiger partial charge in [0, 0.05) is 44.9 Å². The number of nitrogen functional groups attached to an aromatic ring is 2. The number of carbonyl (C=O) groups excluding carboxylic acids is 2. The number of nitrogens with one attached hydrogen (secondary N) is 2. The van der Waals surface area contributed by atoms with Gasteiger partial charge in [0.25, 0.3) is 0 Å². The number of pyridine rings is 2. The Balaban J connectivity index is 1.63. The number of hydrogen-bond donors (Lipinski definition) is 4. The van der Waals surface area contributed by atoms with E-state index < -0.39 is 5.41 Å². The van der Waals surface area contributed by atoms with Gasteiger partial charge in [-0.2, -0.15) is 0 Å². The van der Waals surface area contributed by atoms with Crippen LogP contribution in [-0.4, -0.2) is 21.8 Å². The average Bonchev–Trinajstić information content (AvgIpc) is 2.83. The van der Waals surface area contributed by atoms with E-state index in [1.54, 1.807) is 36.4 Å². The van der Waals surface area contributed by atoms with Crippen LogP contribution in [0.5, 0.6) is 0 Å². The van der Waals surface area contributed by atoms with Gasteiger partial charge in [-0.25, -0.2) is 0 Å². The first kappa shape index (κ1) is 24.9. The third-order valence-corrected chi connectivity index (χ3v) is 6.60. The fraction of sp³-hybridized carbons (Fsp3) is 0.286. The highest BCUT2D eigenvalue weighted by atomic mass is 16.2. The molecule has 0 saturated carbocycles. The van der Waals surface area contributed by atoms with Crippen molar-refractivity contribution in [2.75, 3.05) is 22.1 Å². The number of nitrogens with zero attached hydrogens (tertiary/aromatic N) is 2. The molecule has 6 N–H and O–H groups in total. The number of fused-ring (bicyclic) bond motifs is 2. The van der Waals surface area contributed by atoms with Crippen molar-refractivity contribution in [3.05, 3.63) is 59.9 Å². The summed E-state index contributed by atoms with van der Waals surface area (Å²) in [4.78, 5) is 36.2. The Morgan fingerprint density at radius 3 is 1.61 bits per heavy atom. The number of aromatic nitrogens is 2. The fourth-order valence-corrected chi connectivity index (χ4v) is 4.69. The summed E-state index contributed by atoms with van der Waals surface area (Å²) in [6.45, 7) is 7.57. The third kappa shape index (κ3) is 4.66. The molecular formula is C28H32N6O2. The summed E-state index contributed by atoms with van der Waals surface area (Å²) in [7, 11) is 0. The number of benzene rings is 2. The van der Waals surface area contributed by atoms with Crippen molar-refractivity contribution in [3.8, 4) is 0 Å². The van der Waals surface area contributed by atoms with Crippen molar-refractivity contribution >= 4 is 56.4 Å². The minimum Gasteiger partial charge on any atom is -0.398 e. The minimum atomic E-state index is -1.26. The van der Waals surface area contributed by atoms with Gasteiger partial charge in [-0.3, -0.25) is 19.6 Å². The fourth-order valence-electron chi connectivity index (χ4n) is 4.69. The topological polar surface area (TPSA) is 136 Å². The van der Waals surface area contributed by atoms with Crippen LogP contribution in [0.4, 0.5) is 22.7 Å². The summed E-state index contributed by atoms with van der Waals surface area (Å²) in [5, 5.41) is 7.40. The van der Waals surface area contributed by atoms with Gasteiger partial charge in [-0.15, -0.1) is 0 Å². The molecule has 0 bridgehead atoms. The largest absolute Gasteiger partial charge is 0.398 e. The summed E-state index contributed by atoms with van der Waals surface area (Å²) in [6, 6.07) is 14.4. The lowest BCUT2D eigenvalue weighted by atomic mass is 9.78. The quantitative estimate of drug-likeness (QED) is 0.262. The summed E-state index contributed by atoms with van der Waals surface area (Å²) in [5.74, 6) is -0.722. The molecule has 4 aromatic rings. The summed E-state index contributed by atoms with van der Waals surface area (Å²) in [6.07, 6.45) is 1.40. The van der Waals surface area contributed by atoms with Crippen molar-refractivity contribution in [3.63, 3.8) is 0 Å². The predicted molar refractivity (Wildman–Crippen MR) is 147 cm³/mol. The second kappa shape index (κ2) is 9.81. The van der Waals surface area contributed by atoms with E-state index in [4.69, 9.17) is 11.5 Å². The molecule has 36 heavy (non-hydrogen) atoms. The molecule has 0 unspecified atom stereocenters. The van der Waals surface area contributed by atoms with E-state index in [0.29, 0.717) is 42.0 Å². The number of nitrogens with two attached hydrogens (primary N) is 2. The zero-order valence-electron chi connectivity index (χ0n) is 21.1. The van der Waals surface area contributed by atoms with Crippen molar-refractivity contribution < 1.29 is 9.59 Å². The first-order valence-corrected chi connectivity index (χ1v) is 12.1. The van der Waals surface area contributed by atoms with Gasteiger partial charge in [0.15, 0.2) is 0 Å². The molecule has 4 rings (SSSR count). The van der Waals surface area contributed by atoms with Gasteiger partial charge in [0.2, 0.25) is 11.8 Å². The lowest BCUT2D eigenvalue weighted by Gasteiger charge is -2.30. The molecule has 0 aliphatic rings. The molecule has 0 radical (unpaired) electrons. The second-order valence-corrected chi connectivity index (χ2v) is 9.26. The average molecular weight is 485 g/mol. The highest BCUT2D eigenvalue weighted by molar-refractivity contribution is 6.15. The number of anilines is 4. The SMILES string of the molecule is CCCC(CC)(C(=O)Nc1ccc2nc(C)cc(N)c2c1)C(=O)Nc1ccc2nc(C)cc(N)c2c1. The summed E-state index contributed by atoms with van der Waals surface area (Å²) >= 11 is 0. The Morgan fingerprint density at radius 1 is 0.778 bits per heavy atom. The van der Waals surface area contributed by atoms with Crippen LogP contribution in [0.1, 0.15) is 44.5 Å². The Kier molecular flexibility index (Phi) is 6.79. The number of carbonyl (C=O) groups is 2. The zero-order valence-corrected chi connectivity index (χ0v) is 21.1. The van der Waals surface area contributed by atoms with Crippen LogP contribution in [0.15, 0.2) is 48.5 Å². The van der Waals surface area contributed by atoms with Gasteiger partial charge < -0.3 is 22.1 Å². The van der Waals surface area contributed by atoms with E-state index in [1.807, 2.05) is 39.8 Å². The number of hydrogen-bond acceptors (Lipinski definition) is 6. The Morgan fingerprint density at radius 2 is 1.22 bits per heavy atom. The molecule has 2 amide bonds. The van der Waals surface area contributed by atoms with Crippen molar-refractivity contribution in [1.82, 2.24) is 9.97 Å². The van der Waals surface area contributed by atoms with Crippen molar-refractivity contribution in [1.29, 1.82) is 0 Å². The highest BCUT2D eigenvalue weighted by Crippen LogP contribution is 2.34.